The summed E-state index contributed by atoms with van der Waals surface area (Å²) < 4.78 is 5.82. The molecule has 0 fully saturated rings. The first-order valence-electron chi connectivity index (χ1n) is 5.63. The van der Waals surface area contributed by atoms with E-state index in [9.17, 15) is 9.90 Å². The predicted molar refractivity (Wildman–Crippen MR) is 67.5 cm³/mol. The fourth-order valence-electron chi connectivity index (χ4n) is 1.42. The van der Waals surface area contributed by atoms with Gasteiger partial charge in [-0.2, -0.15) is 0 Å². The lowest BCUT2D eigenvalue weighted by atomic mass is 10.3. The molecule has 1 aromatic heterocycles. The molecule has 2 aromatic rings. The largest absolute Gasteiger partial charge is 0.538 e. The Kier molecular flexibility index (Phi) is 4.06. The molecule has 7 heteroatoms. The van der Waals surface area contributed by atoms with Crippen molar-refractivity contribution in [3.05, 3.63) is 30.3 Å². The van der Waals surface area contributed by atoms with Crippen molar-refractivity contribution < 1.29 is 19.1 Å². The second kappa shape index (κ2) is 5.75. The third-order valence-corrected chi connectivity index (χ3v) is 3.64. The Morgan fingerprint density at radius 1 is 1.47 bits per heavy atom. The van der Waals surface area contributed by atoms with Gasteiger partial charge in [0.25, 0.3) is 5.03 Å². The number of carbonyl (C=O) groups is 1. The second-order valence-electron chi connectivity index (χ2n) is 3.90. The molecule has 0 spiro atoms. The molecule has 1 N–H and O–H groups in total. The number of aryl methyl sites for hydroxylation is 1. The molecule has 0 aliphatic rings. The number of benzene rings is 1. The van der Waals surface area contributed by atoms with Gasteiger partial charge in [0.2, 0.25) is 5.91 Å². The van der Waals surface area contributed by atoms with Crippen LogP contribution in [-0.4, -0.2) is 16.4 Å². The van der Waals surface area contributed by atoms with Crippen molar-refractivity contribution in [2.24, 2.45) is 7.05 Å². The van der Waals surface area contributed by atoms with Crippen molar-refractivity contribution in [3.8, 4) is 5.95 Å². The van der Waals surface area contributed by atoms with E-state index in [1.807, 2.05) is 18.2 Å². The molecular weight excluding hydrogens is 266 g/mol. The summed E-state index contributed by atoms with van der Waals surface area (Å²) >= 11 is 1.11. The zero-order valence-corrected chi connectivity index (χ0v) is 11.3. The number of rotatable bonds is 4. The number of hydrogen-bond acceptors (Lipinski definition) is 5. The Morgan fingerprint density at radius 3 is 2.74 bits per heavy atom. The van der Waals surface area contributed by atoms with Gasteiger partial charge in [0, 0.05) is 5.69 Å². The lowest BCUT2D eigenvalue weighted by Gasteiger charge is -2.09. The number of thioether (sulfide) groups is 1. The summed E-state index contributed by atoms with van der Waals surface area (Å²) in [4.78, 5) is 12.0. The zero-order valence-electron chi connectivity index (χ0n) is 10.5. The van der Waals surface area contributed by atoms with Crippen LogP contribution in [0, 0.1) is 0 Å². The number of hydrogen-bond donors (Lipinski definition) is 1. The number of anilines is 1. The minimum Gasteiger partial charge on any atom is -0.538 e. The smallest absolute Gasteiger partial charge is 0.291 e. The van der Waals surface area contributed by atoms with Gasteiger partial charge in [-0.25, -0.2) is 0 Å². The quantitative estimate of drug-likeness (QED) is 0.658. The van der Waals surface area contributed by atoms with Gasteiger partial charge in [0.15, 0.2) is 13.0 Å². The Balaban J connectivity index is 2.00. The highest BCUT2D eigenvalue weighted by atomic mass is 32.2. The van der Waals surface area contributed by atoms with E-state index in [2.05, 4.69) is 15.1 Å². The highest BCUT2D eigenvalue weighted by Gasteiger charge is 2.22. The number of amides is 1. The Bertz CT molecular complexity index is 551. The van der Waals surface area contributed by atoms with Gasteiger partial charge in [-0.05, 0) is 30.8 Å². The fourth-order valence-corrected chi connectivity index (χ4v) is 2.24. The Morgan fingerprint density at radius 2 is 2.16 bits per heavy atom. The maximum absolute atomic E-state index is 12.0. The highest BCUT2D eigenvalue weighted by Crippen LogP contribution is 2.26. The van der Waals surface area contributed by atoms with Gasteiger partial charge in [-0.3, -0.25) is 4.79 Å². The topological polar surface area (TPSA) is 82.1 Å². The molecule has 2 rings (SSSR count). The molecule has 0 saturated carbocycles. The maximum Gasteiger partial charge on any atom is 0.291 e. The van der Waals surface area contributed by atoms with Crippen LogP contribution in [0.1, 0.15) is 6.92 Å². The molecule has 1 aromatic carbocycles. The van der Waals surface area contributed by atoms with Gasteiger partial charge < -0.3 is 14.9 Å². The summed E-state index contributed by atoms with van der Waals surface area (Å²) in [7, 11) is 1.59. The van der Waals surface area contributed by atoms with Crippen LogP contribution in [0.5, 0.6) is 5.95 Å². The molecule has 0 aliphatic carbocycles. The molecule has 6 nitrogen and oxygen atoms in total. The van der Waals surface area contributed by atoms with E-state index in [0.29, 0.717) is 5.03 Å². The molecule has 0 bridgehead atoms. The van der Waals surface area contributed by atoms with E-state index in [1.54, 1.807) is 26.1 Å². The number of nitrogens with zero attached hydrogens (tertiary/aromatic N) is 2. The molecule has 1 unspecified atom stereocenters. The minimum absolute atomic E-state index is 0.184. The molecule has 100 valence electrons. The summed E-state index contributed by atoms with van der Waals surface area (Å²) in [6.45, 7) is 1.72. The number of carbonyl (C=O) groups excluding carboxylic acids is 1. The average molecular weight is 279 g/mol. The van der Waals surface area contributed by atoms with E-state index in [1.165, 1.54) is 4.68 Å². The van der Waals surface area contributed by atoms with E-state index >= 15 is 0 Å². The summed E-state index contributed by atoms with van der Waals surface area (Å²) in [5.74, 6) is -0.719. The molecule has 0 aliphatic heterocycles. The van der Waals surface area contributed by atoms with Gasteiger partial charge in [-0.1, -0.05) is 22.9 Å². The number of para-hydroxylation sites is 1. The monoisotopic (exact) mass is 279 g/mol. The van der Waals surface area contributed by atoms with Gasteiger partial charge in [-0.15, -0.1) is 0 Å². The lowest BCUT2D eigenvalue weighted by Crippen LogP contribution is -2.33. The van der Waals surface area contributed by atoms with Crippen molar-refractivity contribution in [1.29, 1.82) is 0 Å². The Labute approximate surface area is 114 Å². The van der Waals surface area contributed by atoms with Gasteiger partial charge >= 0.3 is 0 Å². The molecular formula is C12H13N3O3S. The molecule has 1 heterocycles. The number of nitrogens with one attached hydrogen (secondary N) is 1. The third kappa shape index (κ3) is 3.25. The van der Waals surface area contributed by atoms with Crippen LogP contribution < -0.4 is 15.1 Å². The SMILES string of the molecule is CC(Sc1c([O-])on[n+]1C)C(=O)Nc1ccccc1. The molecule has 0 saturated heterocycles. The fraction of sp³-hybridized carbons (Fsp3) is 0.250. The van der Waals surface area contributed by atoms with E-state index in [4.69, 9.17) is 0 Å². The van der Waals surface area contributed by atoms with Crippen LogP contribution in [0.15, 0.2) is 39.9 Å². The summed E-state index contributed by atoms with van der Waals surface area (Å²) in [5.41, 5.74) is 0.719. The van der Waals surface area contributed by atoms with Crippen molar-refractivity contribution in [2.75, 3.05) is 5.32 Å². The van der Waals surface area contributed by atoms with Crippen LogP contribution in [0.3, 0.4) is 0 Å². The van der Waals surface area contributed by atoms with Crippen LogP contribution in [-0.2, 0) is 11.8 Å². The summed E-state index contributed by atoms with van der Waals surface area (Å²) in [6.07, 6.45) is 0. The van der Waals surface area contributed by atoms with Crippen molar-refractivity contribution in [1.82, 2.24) is 5.27 Å². The van der Waals surface area contributed by atoms with Crippen LogP contribution in [0.2, 0.25) is 0 Å². The number of aromatic nitrogens is 2. The first-order valence-corrected chi connectivity index (χ1v) is 6.51. The molecule has 19 heavy (non-hydrogen) atoms. The van der Waals surface area contributed by atoms with E-state index in [0.717, 1.165) is 17.4 Å². The Hall–Kier alpha value is -2.02. The van der Waals surface area contributed by atoms with Crippen LogP contribution in [0.4, 0.5) is 5.69 Å². The summed E-state index contributed by atoms with van der Waals surface area (Å²) in [5, 5.41) is 17.5. The van der Waals surface area contributed by atoms with E-state index < -0.39 is 11.2 Å². The van der Waals surface area contributed by atoms with Crippen LogP contribution in [0.25, 0.3) is 0 Å². The molecule has 1 atom stereocenters. The lowest BCUT2D eigenvalue weighted by molar-refractivity contribution is -0.772. The maximum atomic E-state index is 12.0. The van der Waals surface area contributed by atoms with Gasteiger partial charge in [0.05, 0.1) is 10.5 Å². The highest BCUT2D eigenvalue weighted by molar-refractivity contribution is 8.00. The van der Waals surface area contributed by atoms with E-state index in [-0.39, 0.29) is 5.91 Å². The second-order valence-corrected chi connectivity index (χ2v) is 5.23. The molecule has 0 radical (unpaired) electrons. The standard InChI is InChI=1S/C12H13N3O3S/c1-8(19-11-12(17)18-14-15(11)2)10(16)13-9-6-4-3-5-7-9/h3-8H,1-2H3,(H-,13,14,16,17). The molecule has 1 amide bonds. The normalized spacial score (nSPS) is 12.1. The first-order chi connectivity index (χ1) is 9.08. The van der Waals surface area contributed by atoms with Gasteiger partial charge in [0.1, 0.15) is 0 Å². The first kappa shape index (κ1) is 13.4. The average Bonchev–Trinajstić information content (AvgIpc) is 2.71. The summed E-state index contributed by atoms with van der Waals surface area (Å²) in [6, 6.07) is 9.14. The van der Waals surface area contributed by atoms with Crippen LogP contribution >= 0.6 is 11.8 Å². The van der Waals surface area contributed by atoms with Crippen molar-refractivity contribution >= 4 is 23.4 Å². The third-order valence-electron chi connectivity index (χ3n) is 2.41. The van der Waals surface area contributed by atoms with Crippen molar-refractivity contribution in [2.45, 2.75) is 17.2 Å². The zero-order chi connectivity index (χ0) is 13.8. The predicted octanol–water partition coefficient (Wildman–Crippen LogP) is 0.692. The van der Waals surface area contributed by atoms with Crippen molar-refractivity contribution in [3.63, 3.8) is 0 Å². The minimum atomic E-state index is -0.535.